The zero-order chi connectivity index (χ0) is 19.1. The van der Waals surface area contributed by atoms with Crippen LogP contribution in [0.25, 0.3) is 0 Å². The molecule has 0 saturated carbocycles. The number of rotatable bonds is 7. The van der Waals surface area contributed by atoms with E-state index in [9.17, 15) is 9.59 Å². The first kappa shape index (κ1) is 19.5. The second-order valence-electron chi connectivity index (χ2n) is 6.09. The third-order valence-corrected chi connectivity index (χ3v) is 4.17. The zero-order valence-corrected chi connectivity index (χ0v) is 15.8. The minimum Gasteiger partial charge on any atom is -0.481 e. The van der Waals surface area contributed by atoms with Gasteiger partial charge in [0.15, 0.2) is 6.10 Å². The van der Waals surface area contributed by atoms with Crippen LogP contribution in [-0.4, -0.2) is 35.9 Å². The molecule has 0 saturated heterocycles. The monoisotopic (exact) mass is 354 g/mol. The zero-order valence-electron chi connectivity index (χ0n) is 15.8. The van der Waals surface area contributed by atoms with Crippen LogP contribution in [0.4, 0.5) is 5.69 Å². The molecule has 0 bridgehead atoms. The molecule has 1 atom stereocenters. The number of hydrogen-bond acceptors (Lipinski definition) is 3. The first-order valence-electron chi connectivity index (χ1n) is 8.88. The van der Waals surface area contributed by atoms with Gasteiger partial charge in [0.2, 0.25) is 0 Å². The minimum atomic E-state index is -0.686. The van der Waals surface area contributed by atoms with Gasteiger partial charge in [-0.25, -0.2) is 0 Å². The molecular formula is C21H26N2O3. The number of benzene rings is 2. The van der Waals surface area contributed by atoms with E-state index in [0.29, 0.717) is 30.1 Å². The summed E-state index contributed by atoms with van der Waals surface area (Å²) in [6.07, 6.45) is -0.686. The fraction of sp³-hybridized carbons (Fsp3) is 0.333. The lowest BCUT2D eigenvalue weighted by Gasteiger charge is -2.21. The average Bonchev–Trinajstić information content (AvgIpc) is 2.64. The first-order valence-corrected chi connectivity index (χ1v) is 8.88. The summed E-state index contributed by atoms with van der Waals surface area (Å²) in [5.41, 5.74) is 2.10. The second kappa shape index (κ2) is 9.04. The standard InChI is InChI=1S/C21H26N2O3/c1-5-23(6-2)21(25)18-9-7-8-10-19(18)22-20(24)16(4)26-17-13-11-15(3)12-14-17/h7-14,16H,5-6H2,1-4H3,(H,22,24)/t16-/m0/s1. The number of nitrogens with zero attached hydrogens (tertiary/aromatic N) is 1. The number of anilines is 1. The van der Waals surface area contributed by atoms with Crippen molar-refractivity contribution in [3.05, 3.63) is 59.7 Å². The molecule has 0 fully saturated rings. The Morgan fingerprint density at radius 2 is 1.65 bits per heavy atom. The highest BCUT2D eigenvalue weighted by atomic mass is 16.5. The number of aryl methyl sites for hydroxylation is 1. The Labute approximate surface area is 155 Å². The molecule has 0 aliphatic carbocycles. The fourth-order valence-electron chi connectivity index (χ4n) is 2.57. The van der Waals surface area contributed by atoms with Crippen molar-refractivity contribution in [2.45, 2.75) is 33.8 Å². The molecule has 0 unspecified atom stereocenters. The maximum absolute atomic E-state index is 12.6. The fourth-order valence-corrected chi connectivity index (χ4v) is 2.57. The molecule has 2 rings (SSSR count). The highest BCUT2D eigenvalue weighted by Crippen LogP contribution is 2.19. The van der Waals surface area contributed by atoms with Crippen molar-refractivity contribution in [1.82, 2.24) is 4.90 Å². The lowest BCUT2D eigenvalue weighted by atomic mass is 10.1. The summed E-state index contributed by atoms with van der Waals surface area (Å²) in [6.45, 7) is 8.77. The summed E-state index contributed by atoms with van der Waals surface area (Å²) >= 11 is 0. The van der Waals surface area contributed by atoms with Crippen molar-refractivity contribution in [1.29, 1.82) is 0 Å². The Morgan fingerprint density at radius 3 is 2.27 bits per heavy atom. The van der Waals surface area contributed by atoms with E-state index in [1.807, 2.05) is 45.0 Å². The van der Waals surface area contributed by atoms with Crippen molar-refractivity contribution < 1.29 is 14.3 Å². The molecule has 5 nitrogen and oxygen atoms in total. The molecule has 2 aromatic carbocycles. The Morgan fingerprint density at radius 1 is 1.04 bits per heavy atom. The van der Waals surface area contributed by atoms with Gasteiger partial charge in [0, 0.05) is 13.1 Å². The van der Waals surface area contributed by atoms with Gasteiger partial charge >= 0.3 is 0 Å². The van der Waals surface area contributed by atoms with E-state index in [1.54, 1.807) is 36.1 Å². The largest absolute Gasteiger partial charge is 0.481 e. The van der Waals surface area contributed by atoms with Crippen LogP contribution in [0.5, 0.6) is 5.75 Å². The Bertz CT molecular complexity index is 752. The number of para-hydroxylation sites is 1. The third-order valence-electron chi connectivity index (χ3n) is 4.17. The molecule has 0 heterocycles. The molecule has 2 amide bonds. The highest BCUT2D eigenvalue weighted by Gasteiger charge is 2.20. The molecule has 26 heavy (non-hydrogen) atoms. The van der Waals surface area contributed by atoms with E-state index < -0.39 is 6.10 Å². The Kier molecular flexibility index (Phi) is 6.78. The number of hydrogen-bond donors (Lipinski definition) is 1. The van der Waals surface area contributed by atoms with Gasteiger partial charge in [-0.2, -0.15) is 0 Å². The highest BCUT2D eigenvalue weighted by molar-refractivity contribution is 6.04. The van der Waals surface area contributed by atoms with Gasteiger partial charge in [-0.05, 0) is 52.0 Å². The maximum Gasteiger partial charge on any atom is 0.265 e. The second-order valence-corrected chi connectivity index (χ2v) is 6.09. The van der Waals surface area contributed by atoms with Gasteiger partial charge in [-0.1, -0.05) is 29.8 Å². The number of amides is 2. The van der Waals surface area contributed by atoms with Crippen LogP contribution < -0.4 is 10.1 Å². The Balaban J connectivity index is 2.11. The number of carbonyl (C=O) groups is 2. The molecule has 0 aliphatic heterocycles. The Hall–Kier alpha value is -2.82. The van der Waals surface area contributed by atoms with Crippen LogP contribution in [0.3, 0.4) is 0 Å². The van der Waals surface area contributed by atoms with E-state index in [-0.39, 0.29) is 11.8 Å². The maximum atomic E-state index is 12.6. The van der Waals surface area contributed by atoms with Gasteiger partial charge in [-0.15, -0.1) is 0 Å². The summed E-state index contributed by atoms with van der Waals surface area (Å²) in [5, 5.41) is 2.81. The first-order chi connectivity index (χ1) is 12.5. The molecule has 0 spiro atoms. The van der Waals surface area contributed by atoms with Crippen LogP contribution in [-0.2, 0) is 4.79 Å². The minimum absolute atomic E-state index is 0.0991. The van der Waals surface area contributed by atoms with Gasteiger partial charge in [0.25, 0.3) is 11.8 Å². The molecule has 0 aromatic heterocycles. The van der Waals surface area contributed by atoms with Crippen molar-refractivity contribution in [3.8, 4) is 5.75 Å². The number of ether oxygens (including phenoxy) is 1. The average molecular weight is 354 g/mol. The molecule has 2 aromatic rings. The van der Waals surface area contributed by atoms with Crippen molar-refractivity contribution in [3.63, 3.8) is 0 Å². The van der Waals surface area contributed by atoms with Gasteiger partial charge in [0.1, 0.15) is 5.75 Å². The lowest BCUT2D eigenvalue weighted by molar-refractivity contribution is -0.122. The number of nitrogens with one attached hydrogen (secondary N) is 1. The van der Waals surface area contributed by atoms with Gasteiger partial charge in [0.05, 0.1) is 11.3 Å². The van der Waals surface area contributed by atoms with Crippen molar-refractivity contribution >= 4 is 17.5 Å². The number of carbonyl (C=O) groups excluding carboxylic acids is 2. The molecule has 0 radical (unpaired) electrons. The lowest BCUT2D eigenvalue weighted by Crippen LogP contribution is -2.33. The van der Waals surface area contributed by atoms with Crippen LogP contribution in [0.2, 0.25) is 0 Å². The van der Waals surface area contributed by atoms with Crippen LogP contribution >= 0.6 is 0 Å². The van der Waals surface area contributed by atoms with E-state index in [0.717, 1.165) is 5.56 Å². The smallest absolute Gasteiger partial charge is 0.265 e. The van der Waals surface area contributed by atoms with Gasteiger partial charge < -0.3 is 15.0 Å². The summed E-state index contributed by atoms with van der Waals surface area (Å²) in [7, 11) is 0. The normalized spacial score (nSPS) is 11.5. The van der Waals surface area contributed by atoms with E-state index in [4.69, 9.17) is 4.74 Å². The predicted molar refractivity (Wildman–Crippen MR) is 104 cm³/mol. The topological polar surface area (TPSA) is 58.6 Å². The summed E-state index contributed by atoms with van der Waals surface area (Å²) in [6, 6.07) is 14.6. The third kappa shape index (κ3) is 4.85. The summed E-state index contributed by atoms with van der Waals surface area (Å²) in [5.74, 6) is 0.231. The van der Waals surface area contributed by atoms with Crippen LogP contribution in [0, 0.1) is 6.92 Å². The molecule has 5 heteroatoms. The van der Waals surface area contributed by atoms with Crippen LogP contribution in [0.1, 0.15) is 36.7 Å². The predicted octanol–water partition coefficient (Wildman–Crippen LogP) is 3.88. The van der Waals surface area contributed by atoms with Gasteiger partial charge in [-0.3, -0.25) is 9.59 Å². The van der Waals surface area contributed by atoms with E-state index >= 15 is 0 Å². The van der Waals surface area contributed by atoms with E-state index in [2.05, 4.69) is 5.32 Å². The van der Waals surface area contributed by atoms with E-state index in [1.165, 1.54) is 0 Å². The molecular weight excluding hydrogens is 328 g/mol. The molecule has 138 valence electrons. The summed E-state index contributed by atoms with van der Waals surface area (Å²) in [4.78, 5) is 26.9. The molecule has 1 N–H and O–H groups in total. The quantitative estimate of drug-likeness (QED) is 0.821. The van der Waals surface area contributed by atoms with Crippen LogP contribution in [0.15, 0.2) is 48.5 Å². The van der Waals surface area contributed by atoms with Crippen molar-refractivity contribution in [2.24, 2.45) is 0 Å². The SMILES string of the molecule is CCN(CC)C(=O)c1ccccc1NC(=O)[C@H](C)Oc1ccc(C)cc1. The summed E-state index contributed by atoms with van der Waals surface area (Å²) < 4.78 is 5.69. The van der Waals surface area contributed by atoms with Crippen molar-refractivity contribution in [2.75, 3.05) is 18.4 Å². The molecule has 0 aliphatic rings.